The molecule has 1 heterocycles. The molecule has 7 nitrogen and oxygen atoms in total. The highest BCUT2D eigenvalue weighted by Crippen LogP contribution is 2.26. The molecule has 0 aliphatic carbocycles. The lowest BCUT2D eigenvalue weighted by molar-refractivity contribution is -0.144. The first kappa shape index (κ1) is 18.2. The molecule has 2 aromatic carbocycles. The van der Waals surface area contributed by atoms with Gasteiger partial charge in [-0.15, -0.1) is 5.10 Å². The highest BCUT2D eigenvalue weighted by molar-refractivity contribution is 5.90. The summed E-state index contributed by atoms with van der Waals surface area (Å²) in [5.41, 5.74) is 0. The monoisotopic (exact) mass is 378 g/mol. The van der Waals surface area contributed by atoms with Crippen molar-refractivity contribution in [2.24, 2.45) is 0 Å². The largest absolute Gasteiger partial charge is 0.484 e. The summed E-state index contributed by atoms with van der Waals surface area (Å²) in [4.78, 5) is 14.8. The number of hydrogen-bond donors (Lipinski definition) is 2. The zero-order chi connectivity index (χ0) is 19.3. The Labute approximate surface area is 151 Å². The molecule has 3 aromatic rings. The van der Waals surface area contributed by atoms with Crippen molar-refractivity contribution < 1.29 is 27.4 Å². The van der Waals surface area contributed by atoms with Crippen molar-refractivity contribution in [3.63, 3.8) is 0 Å². The normalized spacial score (nSPS) is 11.1. The number of carbonyl (C=O) groups is 1. The number of halogens is 3. The number of alkyl halides is 3. The first-order valence-corrected chi connectivity index (χ1v) is 7.65. The number of para-hydroxylation sites is 1. The van der Waals surface area contributed by atoms with Crippen molar-refractivity contribution in [3.8, 4) is 17.2 Å². The van der Waals surface area contributed by atoms with Gasteiger partial charge in [0, 0.05) is 0 Å². The molecule has 0 aliphatic heterocycles. The molecule has 2 N–H and O–H groups in total. The summed E-state index contributed by atoms with van der Waals surface area (Å²) in [6.07, 6.45) is -4.67. The second-order valence-corrected chi connectivity index (χ2v) is 5.23. The third-order valence-corrected chi connectivity index (χ3v) is 3.18. The molecule has 0 aliphatic rings. The minimum absolute atomic E-state index is 0.386. The summed E-state index contributed by atoms with van der Waals surface area (Å²) in [6, 6.07) is 15.7. The van der Waals surface area contributed by atoms with E-state index in [1.165, 1.54) is 0 Å². The lowest BCUT2D eigenvalue weighted by atomic mass is 10.3. The van der Waals surface area contributed by atoms with Crippen LogP contribution in [0.2, 0.25) is 0 Å². The van der Waals surface area contributed by atoms with Crippen molar-refractivity contribution in [3.05, 3.63) is 60.4 Å². The Morgan fingerprint density at radius 3 is 2.26 bits per heavy atom. The van der Waals surface area contributed by atoms with Crippen LogP contribution in [-0.4, -0.2) is 27.7 Å². The molecule has 140 valence electrons. The summed E-state index contributed by atoms with van der Waals surface area (Å²) in [6.45, 7) is -0.422. The molecular formula is C17H13F3N4O3. The van der Waals surface area contributed by atoms with E-state index in [-0.39, 0.29) is 0 Å². The second-order valence-electron chi connectivity index (χ2n) is 5.23. The van der Waals surface area contributed by atoms with E-state index in [1.807, 2.05) is 30.3 Å². The fraction of sp³-hybridized carbons (Fsp3) is 0.118. The third-order valence-electron chi connectivity index (χ3n) is 3.18. The number of carbonyl (C=O) groups excluding carboxylic acids is 1. The van der Waals surface area contributed by atoms with Crippen LogP contribution in [0, 0.1) is 0 Å². The van der Waals surface area contributed by atoms with Crippen LogP contribution >= 0.6 is 0 Å². The molecule has 0 saturated carbocycles. The van der Waals surface area contributed by atoms with Gasteiger partial charge in [-0.3, -0.25) is 15.2 Å². The topological polar surface area (TPSA) is 89.1 Å². The van der Waals surface area contributed by atoms with Gasteiger partial charge in [-0.05, 0) is 36.4 Å². The fourth-order valence-corrected chi connectivity index (χ4v) is 1.98. The minimum atomic E-state index is -4.67. The number of H-pyrrole nitrogens is 1. The fourth-order valence-electron chi connectivity index (χ4n) is 1.98. The number of aromatic amines is 1. The predicted octanol–water partition coefficient (Wildman–Crippen LogP) is 3.63. The standard InChI is InChI=1S/C17H13F3N4O3/c18-17(19,20)15-22-16(24-23-15)21-14(25)10-26-11-6-8-13(9-7-11)27-12-4-2-1-3-5-12/h1-9H,10H2,(H2,21,22,23,24,25). The number of ether oxygens (including phenoxy) is 2. The minimum Gasteiger partial charge on any atom is -0.484 e. The summed E-state index contributed by atoms with van der Waals surface area (Å²) in [7, 11) is 0. The van der Waals surface area contributed by atoms with Crippen LogP contribution in [0.3, 0.4) is 0 Å². The number of hydrogen-bond acceptors (Lipinski definition) is 5. The number of amides is 1. The van der Waals surface area contributed by atoms with Crippen LogP contribution < -0.4 is 14.8 Å². The van der Waals surface area contributed by atoms with Crippen LogP contribution in [-0.2, 0) is 11.0 Å². The molecule has 0 spiro atoms. The lowest BCUT2D eigenvalue weighted by Gasteiger charge is -2.08. The maximum absolute atomic E-state index is 12.4. The Kier molecular flexibility index (Phi) is 5.25. The van der Waals surface area contributed by atoms with E-state index >= 15 is 0 Å². The van der Waals surface area contributed by atoms with Crippen molar-refractivity contribution in [2.45, 2.75) is 6.18 Å². The molecule has 0 saturated heterocycles. The Morgan fingerprint density at radius 2 is 1.63 bits per heavy atom. The van der Waals surface area contributed by atoms with Gasteiger partial charge in [0.05, 0.1) is 0 Å². The van der Waals surface area contributed by atoms with Crippen LogP contribution in [0.5, 0.6) is 17.2 Å². The number of nitrogens with zero attached hydrogens (tertiary/aromatic N) is 2. The van der Waals surface area contributed by atoms with Gasteiger partial charge in [0.1, 0.15) is 17.2 Å². The highest BCUT2D eigenvalue weighted by atomic mass is 19.4. The molecule has 1 amide bonds. The maximum Gasteiger partial charge on any atom is 0.451 e. The zero-order valence-corrected chi connectivity index (χ0v) is 13.7. The van der Waals surface area contributed by atoms with Gasteiger partial charge in [0.15, 0.2) is 6.61 Å². The van der Waals surface area contributed by atoms with E-state index < -0.39 is 30.5 Å². The van der Waals surface area contributed by atoms with E-state index in [4.69, 9.17) is 9.47 Å². The average Bonchev–Trinajstić information content (AvgIpc) is 3.11. The Bertz CT molecular complexity index is 896. The number of anilines is 1. The Hall–Kier alpha value is -3.56. The first-order chi connectivity index (χ1) is 12.9. The molecule has 27 heavy (non-hydrogen) atoms. The summed E-state index contributed by atoms with van der Waals surface area (Å²) < 4.78 is 48.1. The summed E-state index contributed by atoms with van der Waals surface area (Å²) >= 11 is 0. The number of aromatic nitrogens is 3. The van der Waals surface area contributed by atoms with E-state index in [2.05, 4.69) is 15.4 Å². The first-order valence-electron chi connectivity index (χ1n) is 7.65. The molecule has 10 heteroatoms. The van der Waals surface area contributed by atoms with E-state index in [0.717, 1.165) is 0 Å². The second kappa shape index (κ2) is 7.77. The van der Waals surface area contributed by atoms with E-state index in [1.54, 1.807) is 29.4 Å². The van der Waals surface area contributed by atoms with E-state index in [0.29, 0.717) is 17.2 Å². The number of nitrogens with one attached hydrogen (secondary N) is 2. The van der Waals surface area contributed by atoms with Crippen molar-refractivity contribution in [1.29, 1.82) is 0 Å². The van der Waals surface area contributed by atoms with Crippen molar-refractivity contribution in [2.75, 3.05) is 11.9 Å². The number of rotatable bonds is 6. The summed E-state index contributed by atoms with van der Waals surface area (Å²) in [5, 5.41) is 7.07. The maximum atomic E-state index is 12.4. The third kappa shape index (κ3) is 5.21. The van der Waals surface area contributed by atoms with Gasteiger partial charge in [-0.25, -0.2) is 0 Å². The Balaban J connectivity index is 1.49. The van der Waals surface area contributed by atoms with Gasteiger partial charge in [-0.1, -0.05) is 18.2 Å². The van der Waals surface area contributed by atoms with Crippen LogP contribution in [0.25, 0.3) is 0 Å². The van der Waals surface area contributed by atoms with Gasteiger partial charge < -0.3 is 9.47 Å². The van der Waals surface area contributed by atoms with Gasteiger partial charge in [0.25, 0.3) is 5.91 Å². The van der Waals surface area contributed by atoms with Crippen molar-refractivity contribution >= 4 is 11.9 Å². The average molecular weight is 378 g/mol. The molecule has 3 rings (SSSR count). The van der Waals surface area contributed by atoms with Crippen molar-refractivity contribution in [1.82, 2.24) is 15.2 Å². The summed E-state index contributed by atoms with van der Waals surface area (Å²) in [5.74, 6) is -0.840. The molecule has 0 atom stereocenters. The SMILES string of the molecule is O=C(COc1ccc(Oc2ccccc2)cc1)Nc1n[nH]c(C(F)(F)F)n1. The van der Waals surface area contributed by atoms with Crippen LogP contribution in [0.1, 0.15) is 5.82 Å². The van der Waals surface area contributed by atoms with Crippen LogP contribution in [0.4, 0.5) is 19.1 Å². The molecule has 0 bridgehead atoms. The van der Waals surface area contributed by atoms with Gasteiger partial charge in [-0.2, -0.15) is 18.2 Å². The van der Waals surface area contributed by atoms with Gasteiger partial charge in [0.2, 0.25) is 11.8 Å². The lowest BCUT2D eigenvalue weighted by Crippen LogP contribution is -2.21. The molecule has 0 unspecified atom stereocenters. The molecular weight excluding hydrogens is 365 g/mol. The quantitative estimate of drug-likeness (QED) is 0.684. The molecule has 0 fully saturated rings. The molecule has 0 radical (unpaired) electrons. The predicted molar refractivity (Wildman–Crippen MR) is 88.5 cm³/mol. The van der Waals surface area contributed by atoms with Crippen LogP contribution in [0.15, 0.2) is 54.6 Å². The number of benzene rings is 2. The smallest absolute Gasteiger partial charge is 0.451 e. The Morgan fingerprint density at radius 1 is 1.00 bits per heavy atom. The zero-order valence-electron chi connectivity index (χ0n) is 13.7. The highest BCUT2D eigenvalue weighted by Gasteiger charge is 2.35. The molecule has 1 aromatic heterocycles. The van der Waals surface area contributed by atoms with E-state index in [9.17, 15) is 18.0 Å². The van der Waals surface area contributed by atoms with Gasteiger partial charge >= 0.3 is 6.18 Å².